The third kappa shape index (κ3) is 4.97. The molecule has 102 valence electrons. The molecule has 1 saturated heterocycles. The lowest BCUT2D eigenvalue weighted by molar-refractivity contribution is 0.113. The third-order valence-electron chi connectivity index (χ3n) is 4.83. The van der Waals surface area contributed by atoms with Gasteiger partial charge in [0, 0.05) is 18.6 Å². The average Bonchev–Trinajstić information content (AvgIpc) is 2.32. The summed E-state index contributed by atoms with van der Waals surface area (Å²) in [7, 11) is 0. The molecule has 1 N–H and O–H groups in total. The van der Waals surface area contributed by atoms with Gasteiger partial charge in [-0.2, -0.15) is 0 Å². The van der Waals surface area contributed by atoms with E-state index < -0.39 is 0 Å². The fourth-order valence-corrected chi connectivity index (χ4v) is 2.35. The summed E-state index contributed by atoms with van der Waals surface area (Å²) in [6.07, 6.45) is 5.28. The molecule has 0 radical (unpaired) electrons. The van der Waals surface area contributed by atoms with E-state index in [1.807, 2.05) is 0 Å². The molecule has 0 aromatic rings. The lowest BCUT2D eigenvalue weighted by Crippen LogP contribution is -2.45. The Balaban J connectivity index is 2.19. The van der Waals surface area contributed by atoms with E-state index in [4.69, 9.17) is 0 Å². The third-order valence-corrected chi connectivity index (χ3v) is 4.83. The molecule has 0 aromatic carbocycles. The first-order valence-electron chi connectivity index (χ1n) is 7.38. The second-order valence-electron chi connectivity index (χ2n) is 6.67. The number of likely N-dealkylation sites (tertiary alicyclic amines) is 1. The molecule has 1 aliphatic heterocycles. The molecule has 1 aliphatic rings. The van der Waals surface area contributed by atoms with Crippen molar-refractivity contribution >= 4 is 0 Å². The number of rotatable bonds is 6. The number of piperidine rings is 1. The molecule has 0 atom stereocenters. The fourth-order valence-electron chi connectivity index (χ4n) is 2.35. The van der Waals surface area contributed by atoms with E-state index >= 15 is 0 Å². The van der Waals surface area contributed by atoms with Crippen molar-refractivity contribution in [3.8, 4) is 0 Å². The molecule has 1 rings (SSSR count). The van der Waals surface area contributed by atoms with Gasteiger partial charge in [-0.1, -0.05) is 27.2 Å². The van der Waals surface area contributed by atoms with Crippen molar-refractivity contribution in [2.45, 2.75) is 65.8 Å². The van der Waals surface area contributed by atoms with E-state index in [0.717, 1.165) is 6.54 Å². The Morgan fingerprint density at radius 1 is 1.18 bits per heavy atom. The molecule has 1 fully saturated rings. The van der Waals surface area contributed by atoms with E-state index in [0.29, 0.717) is 11.0 Å². The van der Waals surface area contributed by atoms with Crippen LogP contribution in [-0.2, 0) is 0 Å². The van der Waals surface area contributed by atoms with Crippen LogP contribution < -0.4 is 5.32 Å². The van der Waals surface area contributed by atoms with Gasteiger partial charge in [-0.15, -0.1) is 0 Å². The zero-order valence-electron chi connectivity index (χ0n) is 12.6. The van der Waals surface area contributed by atoms with Crippen LogP contribution in [0.15, 0.2) is 0 Å². The van der Waals surface area contributed by atoms with Gasteiger partial charge in [-0.25, -0.2) is 0 Å². The molecule has 0 bridgehead atoms. The smallest absolute Gasteiger partial charge is 0.0123 e. The Kier molecular flexibility index (Phi) is 5.46. The van der Waals surface area contributed by atoms with Gasteiger partial charge < -0.3 is 10.2 Å². The number of hydrogen-bond donors (Lipinski definition) is 1. The molecule has 1 heterocycles. The lowest BCUT2D eigenvalue weighted by atomic mass is 9.78. The van der Waals surface area contributed by atoms with Crippen LogP contribution in [0.3, 0.4) is 0 Å². The second kappa shape index (κ2) is 6.19. The highest BCUT2D eigenvalue weighted by Gasteiger charge is 2.27. The van der Waals surface area contributed by atoms with Crippen LogP contribution in [0.5, 0.6) is 0 Å². The van der Waals surface area contributed by atoms with E-state index in [9.17, 15) is 0 Å². The number of hydrogen-bond acceptors (Lipinski definition) is 2. The van der Waals surface area contributed by atoms with Gasteiger partial charge >= 0.3 is 0 Å². The molecule has 0 spiro atoms. The molecule has 2 nitrogen and oxygen atoms in total. The molecule has 0 amide bonds. The van der Waals surface area contributed by atoms with Gasteiger partial charge in [0.05, 0.1) is 0 Å². The second-order valence-corrected chi connectivity index (χ2v) is 6.67. The van der Waals surface area contributed by atoms with E-state index in [-0.39, 0.29) is 0 Å². The minimum atomic E-state index is 0.299. The van der Waals surface area contributed by atoms with Gasteiger partial charge in [0.1, 0.15) is 0 Å². The minimum absolute atomic E-state index is 0.299. The minimum Gasteiger partial charge on any atom is -0.311 e. The standard InChI is InChI=1S/C15H32N2/c1-6-14(3,4)16-10-13-17-11-8-15(5,7-2)9-12-17/h16H,6-13H2,1-5H3. The highest BCUT2D eigenvalue weighted by atomic mass is 15.1. The average molecular weight is 240 g/mol. The Labute approximate surface area is 108 Å². The Bertz CT molecular complexity index is 215. The maximum absolute atomic E-state index is 3.65. The fraction of sp³-hybridized carbons (Fsp3) is 1.00. The summed E-state index contributed by atoms with van der Waals surface area (Å²) in [5.74, 6) is 0. The molecular weight excluding hydrogens is 208 g/mol. The van der Waals surface area contributed by atoms with Crippen molar-refractivity contribution in [1.29, 1.82) is 0 Å². The SMILES string of the molecule is CCC1(C)CCN(CCNC(C)(C)CC)CC1. The van der Waals surface area contributed by atoms with Gasteiger partial charge in [0.15, 0.2) is 0 Å². The molecule has 0 aromatic heterocycles. The summed E-state index contributed by atoms with van der Waals surface area (Å²) in [6.45, 7) is 16.5. The van der Waals surface area contributed by atoms with E-state index in [1.165, 1.54) is 45.3 Å². The maximum Gasteiger partial charge on any atom is 0.0123 e. The predicted octanol–water partition coefficient (Wildman–Crippen LogP) is 3.28. The quantitative estimate of drug-likeness (QED) is 0.766. The van der Waals surface area contributed by atoms with Crippen molar-refractivity contribution in [2.24, 2.45) is 5.41 Å². The van der Waals surface area contributed by atoms with Crippen LogP contribution in [0, 0.1) is 5.41 Å². The van der Waals surface area contributed by atoms with Crippen molar-refractivity contribution in [3.63, 3.8) is 0 Å². The van der Waals surface area contributed by atoms with Crippen molar-refractivity contribution in [3.05, 3.63) is 0 Å². The molecule has 0 unspecified atom stereocenters. The van der Waals surface area contributed by atoms with Crippen LogP contribution in [0.1, 0.15) is 60.3 Å². The largest absolute Gasteiger partial charge is 0.311 e. The van der Waals surface area contributed by atoms with Crippen molar-refractivity contribution in [1.82, 2.24) is 10.2 Å². The summed E-state index contributed by atoms with van der Waals surface area (Å²) < 4.78 is 0. The summed E-state index contributed by atoms with van der Waals surface area (Å²) in [4.78, 5) is 2.62. The molecular formula is C15H32N2. The van der Waals surface area contributed by atoms with E-state index in [2.05, 4.69) is 44.8 Å². The summed E-state index contributed by atoms with van der Waals surface area (Å²) in [5.41, 5.74) is 0.917. The predicted molar refractivity (Wildman–Crippen MR) is 76.4 cm³/mol. The topological polar surface area (TPSA) is 15.3 Å². The lowest BCUT2D eigenvalue weighted by Gasteiger charge is -2.39. The van der Waals surface area contributed by atoms with Crippen LogP contribution in [0.4, 0.5) is 0 Å². The van der Waals surface area contributed by atoms with Crippen LogP contribution in [-0.4, -0.2) is 36.6 Å². The molecule has 17 heavy (non-hydrogen) atoms. The van der Waals surface area contributed by atoms with Gasteiger partial charge in [0.25, 0.3) is 0 Å². The van der Waals surface area contributed by atoms with Crippen LogP contribution in [0.25, 0.3) is 0 Å². The summed E-state index contributed by atoms with van der Waals surface area (Å²) >= 11 is 0. The summed E-state index contributed by atoms with van der Waals surface area (Å²) in [5, 5.41) is 3.65. The molecule has 2 heteroatoms. The monoisotopic (exact) mass is 240 g/mol. The van der Waals surface area contributed by atoms with Gasteiger partial charge in [-0.3, -0.25) is 0 Å². The number of nitrogens with zero attached hydrogens (tertiary/aromatic N) is 1. The zero-order chi connectivity index (χ0) is 12.9. The normalized spacial score (nSPS) is 21.7. The first-order valence-corrected chi connectivity index (χ1v) is 7.38. The highest BCUT2D eigenvalue weighted by Crippen LogP contribution is 2.33. The Morgan fingerprint density at radius 3 is 2.24 bits per heavy atom. The molecule has 0 saturated carbocycles. The number of nitrogens with one attached hydrogen (secondary N) is 1. The highest BCUT2D eigenvalue weighted by molar-refractivity contribution is 4.82. The van der Waals surface area contributed by atoms with Gasteiger partial charge in [0.2, 0.25) is 0 Å². The zero-order valence-corrected chi connectivity index (χ0v) is 12.6. The Hall–Kier alpha value is -0.0800. The van der Waals surface area contributed by atoms with Crippen LogP contribution in [0.2, 0.25) is 0 Å². The molecule has 0 aliphatic carbocycles. The van der Waals surface area contributed by atoms with E-state index in [1.54, 1.807) is 0 Å². The van der Waals surface area contributed by atoms with Crippen LogP contribution >= 0.6 is 0 Å². The maximum atomic E-state index is 3.65. The first-order chi connectivity index (χ1) is 7.91. The van der Waals surface area contributed by atoms with Gasteiger partial charge in [-0.05, 0) is 51.6 Å². The van der Waals surface area contributed by atoms with Crippen molar-refractivity contribution < 1.29 is 0 Å². The first kappa shape index (κ1) is 15.0. The summed E-state index contributed by atoms with van der Waals surface area (Å²) in [6, 6.07) is 0. The van der Waals surface area contributed by atoms with Crippen molar-refractivity contribution in [2.75, 3.05) is 26.2 Å². The Morgan fingerprint density at radius 2 is 1.76 bits per heavy atom.